The molecule has 2 aromatic rings. The van der Waals surface area contributed by atoms with Crippen molar-refractivity contribution in [3.8, 4) is 11.8 Å². The van der Waals surface area contributed by atoms with Crippen LogP contribution in [0.15, 0.2) is 34.9 Å². The number of primary amides is 1. The lowest BCUT2D eigenvalue weighted by Gasteiger charge is -2.29. The molecule has 1 aliphatic rings. The second-order valence-electron chi connectivity index (χ2n) is 7.05. The molecule has 0 aliphatic heterocycles. The van der Waals surface area contributed by atoms with E-state index in [0.717, 1.165) is 35.0 Å². The average molecular weight is 399 g/mol. The molecule has 3 rings (SSSR count). The first kappa shape index (κ1) is 17.4. The van der Waals surface area contributed by atoms with E-state index < -0.39 is 5.91 Å². The van der Waals surface area contributed by atoms with Crippen molar-refractivity contribution in [3.63, 3.8) is 0 Å². The monoisotopic (exact) mass is 398 g/mol. The summed E-state index contributed by atoms with van der Waals surface area (Å²) in [5.41, 5.74) is 8.99. The molecule has 1 amide bonds. The SMILES string of the molecule is CC1(C)CC=C(c2cc(Br)ccc2-n2cc(C#N)nc2C(N)=O)CC1. The van der Waals surface area contributed by atoms with Crippen molar-refractivity contribution in [1.29, 1.82) is 5.26 Å². The van der Waals surface area contributed by atoms with Crippen molar-refractivity contribution in [1.82, 2.24) is 9.55 Å². The van der Waals surface area contributed by atoms with Gasteiger partial charge in [0.05, 0.1) is 5.69 Å². The highest BCUT2D eigenvalue weighted by atomic mass is 79.9. The molecule has 0 atom stereocenters. The number of hydrogen-bond acceptors (Lipinski definition) is 3. The van der Waals surface area contributed by atoms with Crippen LogP contribution in [0.2, 0.25) is 0 Å². The summed E-state index contributed by atoms with van der Waals surface area (Å²) in [7, 11) is 0. The van der Waals surface area contributed by atoms with Gasteiger partial charge in [0.2, 0.25) is 5.82 Å². The molecule has 0 saturated heterocycles. The molecule has 0 saturated carbocycles. The molecule has 25 heavy (non-hydrogen) atoms. The number of aromatic nitrogens is 2. The van der Waals surface area contributed by atoms with Crippen molar-refractivity contribution in [3.05, 3.63) is 52.0 Å². The lowest BCUT2D eigenvalue weighted by Crippen LogP contribution is -2.18. The zero-order valence-electron chi connectivity index (χ0n) is 14.2. The van der Waals surface area contributed by atoms with Gasteiger partial charge in [-0.15, -0.1) is 0 Å². The molecule has 1 aliphatic carbocycles. The molecule has 6 heteroatoms. The third-order valence-electron chi connectivity index (χ3n) is 4.58. The van der Waals surface area contributed by atoms with E-state index in [1.807, 2.05) is 24.3 Å². The lowest BCUT2D eigenvalue weighted by atomic mass is 9.77. The second-order valence-corrected chi connectivity index (χ2v) is 7.97. The zero-order chi connectivity index (χ0) is 18.2. The Morgan fingerprint density at radius 3 is 2.80 bits per heavy atom. The number of amides is 1. The predicted octanol–water partition coefficient (Wildman–Crippen LogP) is 4.20. The lowest BCUT2D eigenvalue weighted by molar-refractivity contribution is 0.0989. The van der Waals surface area contributed by atoms with Crippen LogP contribution in [-0.4, -0.2) is 15.5 Å². The predicted molar refractivity (Wildman–Crippen MR) is 100 cm³/mol. The molecule has 0 unspecified atom stereocenters. The molecule has 128 valence electrons. The first-order valence-corrected chi connectivity index (χ1v) is 8.89. The first-order valence-electron chi connectivity index (χ1n) is 8.09. The number of nitrogens with zero attached hydrogens (tertiary/aromatic N) is 3. The maximum atomic E-state index is 11.8. The van der Waals surface area contributed by atoms with E-state index in [2.05, 4.69) is 40.8 Å². The highest BCUT2D eigenvalue weighted by Gasteiger charge is 2.24. The Balaban J connectivity index is 2.17. The van der Waals surface area contributed by atoms with Crippen molar-refractivity contribution < 1.29 is 4.79 Å². The van der Waals surface area contributed by atoms with Gasteiger partial charge in [-0.2, -0.15) is 5.26 Å². The van der Waals surface area contributed by atoms with Crippen LogP contribution in [0.5, 0.6) is 0 Å². The highest BCUT2D eigenvalue weighted by molar-refractivity contribution is 9.10. The summed E-state index contributed by atoms with van der Waals surface area (Å²) in [6.45, 7) is 4.53. The van der Waals surface area contributed by atoms with E-state index in [1.54, 1.807) is 10.8 Å². The number of imidazole rings is 1. The van der Waals surface area contributed by atoms with E-state index in [4.69, 9.17) is 11.0 Å². The molecule has 1 aromatic heterocycles. The van der Waals surface area contributed by atoms with Crippen LogP contribution in [-0.2, 0) is 0 Å². The van der Waals surface area contributed by atoms with Crippen LogP contribution in [0.3, 0.4) is 0 Å². The van der Waals surface area contributed by atoms with Crippen LogP contribution >= 0.6 is 15.9 Å². The molecule has 0 radical (unpaired) electrons. The van der Waals surface area contributed by atoms with Crippen LogP contribution in [0.4, 0.5) is 0 Å². The van der Waals surface area contributed by atoms with Crippen molar-refractivity contribution in [2.45, 2.75) is 33.1 Å². The summed E-state index contributed by atoms with van der Waals surface area (Å²) in [6.07, 6.45) is 6.88. The Hall–Kier alpha value is -2.39. The zero-order valence-corrected chi connectivity index (χ0v) is 15.8. The Morgan fingerprint density at radius 1 is 1.44 bits per heavy atom. The Morgan fingerprint density at radius 2 is 2.20 bits per heavy atom. The number of carbonyl (C=O) groups is 1. The minimum absolute atomic E-state index is 0.0665. The molecule has 5 nitrogen and oxygen atoms in total. The molecule has 0 bridgehead atoms. The maximum absolute atomic E-state index is 11.8. The topological polar surface area (TPSA) is 84.7 Å². The van der Waals surface area contributed by atoms with Gasteiger partial charge in [-0.3, -0.25) is 9.36 Å². The number of nitriles is 1. The van der Waals surface area contributed by atoms with E-state index in [0.29, 0.717) is 5.41 Å². The van der Waals surface area contributed by atoms with E-state index in [-0.39, 0.29) is 11.5 Å². The Kier molecular flexibility index (Phi) is 4.53. The minimum atomic E-state index is -0.658. The largest absolute Gasteiger partial charge is 0.363 e. The van der Waals surface area contributed by atoms with Crippen LogP contribution in [0.1, 0.15) is 55.0 Å². The number of carbonyl (C=O) groups excluding carboxylic acids is 1. The summed E-state index contributed by atoms with van der Waals surface area (Å²) in [5.74, 6) is -0.592. The Bertz CT molecular complexity index is 918. The smallest absolute Gasteiger partial charge is 0.285 e. The van der Waals surface area contributed by atoms with E-state index >= 15 is 0 Å². The number of rotatable bonds is 3. The van der Waals surface area contributed by atoms with Gasteiger partial charge >= 0.3 is 0 Å². The first-order chi connectivity index (χ1) is 11.8. The van der Waals surface area contributed by atoms with Gasteiger partial charge < -0.3 is 5.73 Å². The summed E-state index contributed by atoms with van der Waals surface area (Å²) in [6, 6.07) is 7.83. The summed E-state index contributed by atoms with van der Waals surface area (Å²) in [5, 5.41) is 9.13. The van der Waals surface area contributed by atoms with Gasteiger partial charge in [0, 0.05) is 16.2 Å². The molecule has 1 aromatic carbocycles. The van der Waals surface area contributed by atoms with Gasteiger partial charge in [-0.05, 0) is 48.4 Å². The summed E-state index contributed by atoms with van der Waals surface area (Å²) >= 11 is 3.53. The Labute approximate surface area is 155 Å². The van der Waals surface area contributed by atoms with Crippen LogP contribution < -0.4 is 5.73 Å². The van der Waals surface area contributed by atoms with Gasteiger partial charge in [0.15, 0.2) is 5.69 Å². The number of halogens is 1. The van der Waals surface area contributed by atoms with Gasteiger partial charge in [0.25, 0.3) is 5.91 Å². The molecule has 2 N–H and O–H groups in total. The van der Waals surface area contributed by atoms with Gasteiger partial charge in [0.1, 0.15) is 6.07 Å². The third kappa shape index (κ3) is 3.52. The summed E-state index contributed by atoms with van der Waals surface area (Å²) in [4.78, 5) is 15.8. The third-order valence-corrected chi connectivity index (χ3v) is 5.07. The van der Waals surface area contributed by atoms with Gasteiger partial charge in [-0.1, -0.05) is 35.9 Å². The standard InChI is InChI=1S/C19H19BrN4O/c1-19(2)7-5-12(6-8-19)15-9-13(20)3-4-16(15)24-11-14(10-21)23-18(24)17(22)25/h3-5,9,11H,6-8H2,1-2H3,(H2,22,25). The van der Waals surface area contributed by atoms with E-state index in [9.17, 15) is 4.79 Å². The normalized spacial score (nSPS) is 16.2. The molecular formula is C19H19BrN4O. The van der Waals surface area contributed by atoms with Crippen LogP contribution in [0, 0.1) is 16.7 Å². The fourth-order valence-corrected chi connectivity index (χ4v) is 3.45. The van der Waals surface area contributed by atoms with Crippen molar-refractivity contribution >= 4 is 27.4 Å². The molecule has 0 spiro atoms. The fourth-order valence-electron chi connectivity index (χ4n) is 3.09. The molecule has 1 heterocycles. The molecule has 0 fully saturated rings. The minimum Gasteiger partial charge on any atom is -0.363 e. The number of benzene rings is 1. The average Bonchev–Trinajstić information content (AvgIpc) is 2.99. The van der Waals surface area contributed by atoms with Gasteiger partial charge in [-0.25, -0.2) is 4.98 Å². The molecular weight excluding hydrogens is 380 g/mol. The van der Waals surface area contributed by atoms with Crippen molar-refractivity contribution in [2.24, 2.45) is 11.1 Å². The second kappa shape index (κ2) is 6.49. The van der Waals surface area contributed by atoms with E-state index in [1.165, 1.54) is 5.57 Å². The number of nitrogens with two attached hydrogens (primary N) is 1. The van der Waals surface area contributed by atoms with Crippen LogP contribution in [0.25, 0.3) is 11.3 Å². The fraction of sp³-hybridized carbons (Fsp3) is 0.316. The quantitative estimate of drug-likeness (QED) is 0.840. The maximum Gasteiger partial charge on any atom is 0.285 e. The van der Waals surface area contributed by atoms with Crippen molar-refractivity contribution in [2.75, 3.05) is 0 Å². The summed E-state index contributed by atoms with van der Waals surface area (Å²) < 4.78 is 2.57. The highest BCUT2D eigenvalue weighted by Crippen LogP contribution is 2.40. The number of allylic oxidation sites excluding steroid dienone is 2. The number of hydrogen-bond donors (Lipinski definition) is 1.